The molecule has 5 heteroatoms. The van der Waals surface area contributed by atoms with Crippen LogP contribution in [0.5, 0.6) is 0 Å². The second kappa shape index (κ2) is 6.45. The molecule has 2 aromatic rings. The molecule has 2 heterocycles. The number of hydrogen-bond acceptors (Lipinski definition) is 4. The van der Waals surface area contributed by atoms with Crippen LogP contribution in [0.4, 0.5) is 5.69 Å². The highest BCUT2D eigenvalue weighted by molar-refractivity contribution is 5.84. The number of rotatable bonds is 4. The molecule has 0 bridgehead atoms. The average molecular weight is 346 g/mol. The number of carbonyl (C=O) groups excluding carboxylic acids is 1. The molecule has 0 radical (unpaired) electrons. The van der Waals surface area contributed by atoms with Crippen LogP contribution in [0.1, 0.15) is 30.9 Å². The predicted octanol–water partition coefficient (Wildman–Crippen LogP) is 2.94. The van der Waals surface area contributed by atoms with E-state index in [-0.39, 0.29) is 23.3 Å². The maximum Gasteiger partial charge on any atom is 0.226 e. The standard InChI is InChI=1S/C21H22N4O/c1-21(16-5-3-2-4-6-16)11-18(21)20(26)25-10-8-17(14-25)24-19-7-9-23-13-15(19)12-22/h2-7,9,13,17-18H,8,10-11,14H2,1H3,(H,23,24)/t17-,18-,21+/m0/s1. The van der Waals surface area contributed by atoms with E-state index in [1.807, 2.05) is 29.2 Å². The van der Waals surface area contributed by atoms with Gasteiger partial charge in [-0.1, -0.05) is 37.3 Å². The minimum absolute atomic E-state index is 0.0249. The number of amides is 1. The second-order valence-corrected chi connectivity index (χ2v) is 7.49. The van der Waals surface area contributed by atoms with Crippen molar-refractivity contribution in [3.63, 3.8) is 0 Å². The smallest absolute Gasteiger partial charge is 0.226 e. The van der Waals surface area contributed by atoms with Crippen LogP contribution in [0.15, 0.2) is 48.8 Å². The van der Waals surface area contributed by atoms with Gasteiger partial charge in [0.15, 0.2) is 0 Å². The summed E-state index contributed by atoms with van der Waals surface area (Å²) in [7, 11) is 0. The molecule has 1 aliphatic heterocycles. The molecule has 1 saturated carbocycles. The van der Waals surface area contributed by atoms with Crippen molar-refractivity contribution in [3.8, 4) is 6.07 Å². The fraction of sp³-hybridized carbons (Fsp3) is 0.381. The van der Waals surface area contributed by atoms with E-state index in [9.17, 15) is 10.1 Å². The summed E-state index contributed by atoms with van der Waals surface area (Å²) >= 11 is 0. The van der Waals surface area contributed by atoms with Gasteiger partial charge < -0.3 is 10.2 Å². The fourth-order valence-corrected chi connectivity index (χ4v) is 3.99. The fourth-order valence-electron chi connectivity index (χ4n) is 3.99. The first-order valence-corrected chi connectivity index (χ1v) is 9.07. The van der Waals surface area contributed by atoms with Crippen LogP contribution in [0.25, 0.3) is 0 Å². The third-order valence-electron chi connectivity index (χ3n) is 5.77. The number of likely N-dealkylation sites (tertiary alicyclic amines) is 1. The molecule has 4 rings (SSSR count). The topological polar surface area (TPSA) is 69.0 Å². The van der Waals surface area contributed by atoms with Crippen molar-refractivity contribution in [2.45, 2.75) is 31.2 Å². The molecule has 1 N–H and O–H groups in total. The summed E-state index contributed by atoms with van der Waals surface area (Å²) in [5.41, 5.74) is 2.56. The highest BCUT2D eigenvalue weighted by Gasteiger charge is 2.56. The van der Waals surface area contributed by atoms with Gasteiger partial charge >= 0.3 is 0 Å². The minimum Gasteiger partial charge on any atom is -0.379 e. The van der Waals surface area contributed by atoms with E-state index in [2.05, 4.69) is 35.4 Å². The molecule has 1 aromatic heterocycles. The first-order chi connectivity index (χ1) is 12.6. The molecule has 26 heavy (non-hydrogen) atoms. The Labute approximate surface area is 153 Å². The minimum atomic E-state index is -0.0249. The Kier molecular flexibility index (Phi) is 4.12. The van der Waals surface area contributed by atoms with E-state index in [0.29, 0.717) is 12.1 Å². The lowest BCUT2D eigenvalue weighted by Crippen LogP contribution is -2.34. The van der Waals surface area contributed by atoms with E-state index in [0.717, 1.165) is 25.1 Å². The van der Waals surface area contributed by atoms with Crippen molar-refractivity contribution in [2.24, 2.45) is 5.92 Å². The maximum absolute atomic E-state index is 13.0. The molecule has 3 atom stereocenters. The van der Waals surface area contributed by atoms with Gasteiger partial charge in [-0.2, -0.15) is 5.26 Å². The van der Waals surface area contributed by atoms with Gasteiger partial charge in [-0.3, -0.25) is 9.78 Å². The summed E-state index contributed by atoms with van der Waals surface area (Å²) in [6, 6.07) is 14.5. The monoisotopic (exact) mass is 346 g/mol. The van der Waals surface area contributed by atoms with E-state index >= 15 is 0 Å². The zero-order valence-electron chi connectivity index (χ0n) is 14.9. The molecule has 1 saturated heterocycles. The van der Waals surface area contributed by atoms with Gasteiger partial charge in [0.25, 0.3) is 0 Å². The number of pyridine rings is 1. The molecule has 0 unspecified atom stereocenters. The normalized spacial score (nSPS) is 27.0. The number of benzene rings is 1. The Hall–Kier alpha value is -2.87. The van der Waals surface area contributed by atoms with Gasteiger partial charge in [-0.15, -0.1) is 0 Å². The highest BCUT2D eigenvalue weighted by Crippen LogP contribution is 2.54. The SMILES string of the molecule is C[C@]1(c2ccccc2)C[C@H]1C(=O)N1CC[C@H](Nc2ccncc2C#N)C1. The summed E-state index contributed by atoms with van der Waals surface area (Å²) in [5.74, 6) is 0.343. The molecule has 1 aliphatic carbocycles. The van der Waals surface area contributed by atoms with Gasteiger partial charge in [0.2, 0.25) is 5.91 Å². The molecule has 5 nitrogen and oxygen atoms in total. The van der Waals surface area contributed by atoms with Crippen molar-refractivity contribution in [1.82, 2.24) is 9.88 Å². The number of anilines is 1. The van der Waals surface area contributed by atoms with Crippen LogP contribution in [-0.4, -0.2) is 34.9 Å². The lowest BCUT2D eigenvalue weighted by atomic mass is 9.95. The highest BCUT2D eigenvalue weighted by atomic mass is 16.2. The molecular formula is C21H22N4O. The molecule has 1 amide bonds. The quantitative estimate of drug-likeness (QED) is 0.924. The average Bonchev–Trinajstić information content (AvgIpc) is 3.16. The van der Waals surface area contributed by atoms with Crippen LogP contribution >= 0.6 is 0 Å². The number of nitriles is 1. The lowest BCUT2D eigenvalue weighted by molar-refractivity contribution is -0.131. The summed E-state index contributed by atoms with van der Waals surface area (Å²) in [6.07, 6.45) is 5.06. The van der Waals surface area contributed by atoms with Crippen LogP contribution in [0.2, 0.25) is 0 Å². The first-order valence-electron chi connectivity index (χ1n) is 9.07. The van der Waals surface area contributed by atoms with E-state index in [1.165, 1.54) is 5.56 Å². The first kappa shape index (κ1) is 16.6. The molecular weight excluding hydrogens is 324 g/mol. The van der Waals surface area contributed by atoms with Crippen molar-refractivity contribution in [3.05, 3.63) is 59.9 Å². The van der Waals surface area contributed by atoms with Crippen molar-refractivity contribution >= 4 is 11.6 Å². The van der Waals surface area contributed by atoms with Crippen LogP contribution in [0.3, 0.4) is 0 Å². The number of nitrogens with zero attached hydrogens (tertiary/aromatic N) is 3. The number of aromatic nitrogens is 1. The molecule has 2 aliphatic rings. The van der Waals surface area contributed by atoms with Crippen LogP contribution in [-0.2, 0) is 10.2 Å². The summed E-state index contributed by atoms with van der Waals surface area (Å²) in [4.78, 5) is 18.9. The van der Waals surface area contributed by atoms with E-state index in [4.69, 9.17) is 0 Å². The number of carbonyl (C=O) groups is 1. The Balaban J connectivity index is 1.39. The van der Waals surface area contributed by atoms with E-state index < -0.39 is 0 Å². The molecule has 2 fully saturated rings. The Morgan fingerprint density at radius 2 is 2.15 bits per heavy atom. The Bertz CT molecular complexity index is 860. The molecule has 0 spiro atoms. The third kappa shape index (κ3) is 2.92. The van der Waals surface area contributed by atoms with Gasteiger partial charge in [0.05, 0.1) is 11.3 Å². The van der Waals surface area contributed by atoms with Crippen molar-refractivity contribution < 1.29 is 4.79 Å². The Morgan fingerprint density at radius 3 is 2.92 bits per heavy atom. The largest absolute Gasteiger partial charge is 0.379 e. The van der Waals surface area contributed by atoms with Crippen LogP contribution < -0.4 is 5.32 Å². The number of hydrogen-bond donors (Lipinski definition) is 1. The van der Waals surface area contributed by atoms with Crippen LogP contribution in [0, 0.1) is 17.2 Å². The molecule has 132 valence electrons. The molecule has 1 aromatic carbocycles. The van der Waals surface area contributed by atoms with Gasteiger partial charge in [0.1, 0.15) is 6.07 Å². The van der Waals surface area contributed by atoms with Gasteiger partial charge in [0, 0.05) is 42.9 Å². The Morgan fingerprint density at radius 1 is 1.35 bits per heavy atom. The third-order valence-corrected chi connectivity index (χ3v) is 5.77. The lowest BCUT2D eigenvalue weighted by Gasteiger charge is -2.20. The van der Waals surface area contributed by atoms with Gasteiger partial charge in [-0.25, -0.2) is 0 Å². The second-order valence-electron chi connectivity index (χ2n) is 7.49. The zero-order valence-corrected chi connectivity index (χ0v) is 14.9. The van der Waals surface area contributed by atoms with Gasteiger partial charge in [-0.05, 0) is 24.5 Å². The van der Waals surface area contributed by atoms with Crippen molar-refractivity contribution in [2.75, 3.05) is 18.4 Å². The summed E-state index contributed by atoms with van der Waals surface area (Å²) in [5, 5.41) is 12.6. The zero-order chi connectivity index (χ0) is 18.1. The predicted molar refractivity (Wildman–Crippen MR) is 99.5 cm³/mol. The maximum atomic E-state index is 13.0. The van der Waals surface area contributed by atoms with E-state index in [1.54, 1.807) is 12.4 Å². The summed E-state index contributed by atoms with van der Waals surface area (Å²) in [6.45, 7) is 3.64. The number of nitrogens with one attached hydrogen (secondary N) is 1. The summed E-state index contributed by atoms with van der Waals surface area (Å²) < 4.78 is 0. The van der Waals surface area contributed by atoms with Crippen molar-refractivity contribution in [1.29, 1.82) is 5.26 Å².